The van der Waals surface area contributed by atoms with Gasteiger partial charge in [0.1, 0.15) is 0 Å². The van der Waals surface area contributed by atoms with Crippen LogP contribution in [0.5, 0.6) is 0 Å². The third kappa shape index (κ3) is 4.62. The van der Waals surface area contributed by atoms with Crippen LogP contribution in [0.2, 0.25) is 5.02 Å². The van der Waals surface area contributed by atoms with E-state index in [9.17, 15) is 10.1 Å². The molecule has 0 spiro atoms. The number of thioether (sulfide) groups is 1. The number of anilines is 1. The lowest BCUT2D eigenvalue weighted by atomic mass is 10.0. The Morgan fingerprint density at radius 1 is 1.00 bits per heavy atom. The number of nitro benzene ring substituents is 1. The lowest BCUT2D eigenvalue weighted by Gasteiger charge is -2.20. The second-order valence-electron chi connectivity index (χ2n) is 6.26. The van der Waals surface area contributed by atoms with Gasteiger partial charge in [0, 0.05) is 41.8 Å². The van der Waals surface area contributed by atoms with E-state index < -0.39 is 0 Å². The third-order valence-corrected chi connectivity index (χ3v) is 5.83. The summed E-state index contributed by atoms with van der Waals surface area (Å²) in [4.78, 5) is 14.0. The molecule has 0 aromatic heterocycles. The molecule has 0 aliphatic rings. The Balaban J connectivity index is 2.07. The maximum absolute atomic E-state index is 11.3. The van der Waals surface area contributed by atoms with E-state index in [1.165, 1.54) is 6.07 Å². The van der Waals surface area contributed by atoms with Crippen LogP contribution in [0.15, 0.2) is 77.7 Å². The fraction of sp³-hybridized carbons (Fsp3) is 0.143. The average molecular weight is 399 g/mol. The van der Waals surface area contributed by atoms with Crippen LogP contribution in [0, 0.1) is 10.1 Å². The standard InChI is InChI=1S/C21H19ClN2O2S/c1-23(2)16-10-8-15(9-11-16)21(27-18-6-4-3-5-7-18)19-14-17(24(25)26)12-13-20(19)22/h3-14,21H,1-2H3/t21-/m1/s1. The van der Waals surface area contributed by atoms with E-state index >= 15 is 0 Å². The molecule has 0 saturated heterocycles. The summed E-state index contributed by atoms with van der Waals surface area (Å²) >= 11 is 8.07. The lowest BCUT2D eigenvalue weighted by Crippen LogP contribution is -2.08. The van der Waals surface area contributed by atoms with Crippen molar-refractivity contribution in [2.24, 2.45) is 0 Å². The summed E-state index contributed by atoms with van der Waals surface area (Å²) in [6, 6.07) is 22.7. The number of nitro groups is 1. The highest BCUT2D eigenvalue weighted by atomic mass is 35.5. The molecular formula is C21H19ClN2O2S. The van der Waals surface area contributed by atoms with Crippen LogP contribution in [0.3, 0.4) is 0 Å². The van der Waals surface area contributed by atoms with Crippen molar-refractivity contribution in [2.75, 3.05) is 19.0 Å². The molecule has 0 amide bonds. The fourth-order valence-electron chi connectivity index (χ4n) is 2.74. The minimum Gasteiger partial charge on any atom is -0.378 e. The van der Waals surface area contributed by atoms with Crippen LogP contribution in [0.1, 0.15) is 16.4 Å². The molecule has 6 heteroatoms. The zero-order valence-corrected chi connectivity index (χ0v) is 16.6. The van der Waals surface area contributed by atoms with Crippen LogP contribution in [-0.4, -0.2) is 19.0 Å². The number of halogens is 1. The number of hydrogen-bond acceptors (Lipinski definition) is 4. The predicted octanol–water partition coefficient (Wildman–Crippen LogP) is 6.20. The van der Waals surface area contributed by atoms with Gasteiger partial charge in [0.2, 0.25) is 0 Å². The van der Waals surface area contributed by atoms with Gasteiger partial charge in [-0.25, -0.2) is 0 Å². The van der Waals surface area contributed by atoms with Crippen molar-refractivity contribution in [2.45, 2.75) is 10.1 Å². The lowest BCUT2D eigenvalue weighted by molar-refractivity contribution is -0.384. The van der Waals surface area contributed by atoms with E-state index in [-0.39, 0.29) is 15.9 Å². The molecule has 0 aliphatic carbocycles. The van der Waals surface area contributed by atoms with Crippen LogP contribution in [-0.2, 0) is 0 Å². The first kappa shape index (κ1) is 19.3. The molecule has 0 N–H and O–H groups in total. The Hall–Kier alpha value is -2.50. The molecule has 4 nitrogen and oxygen atoms in total. The van der Waals surface area contributed by atoms with Gasteiger partial charge in [0.15, 0.2) is 0 Å². The molecule has 0 unspecified atom stereocenters. The monoisotopic (exact) mass is 398 g/mol. The van der Waals surface area contributed by atoms with Crippen molar-refractivity contribution < 1.29 is 4.92 Å². The smallest absolute Gasteiger partial charge is 0.269 e. The largest absolute Gasteiger partial charge is 0.378 e. The summed E-state index contributed by atoms with van der Waals surface area (Å²) in [5.74, 6) is 0. The molecule has 0 saturated carbocycles. The highest BCUT2D eigenvalue weighted by Gasteiger charge is 2.21. The third-order valence-electron chi connectivity index (χ3n) is 4.18. The molecule has 1 atom stereocenters. The molecule has 138 valence electrons. The first-order chi connectivity index (χ1) is 13.0. The normalized spacial score (nSPS) is 11.8. The topological polar surface area (TPSA) is 46.4 Å². The highest BCUT2D eigenvalue weighted by molar-refractivity contribution is 7.99. The molecular weight excluding hydrogens is 380 g/mol. The number of non-ortho nitro benzene ring substituents is 1. The van der Waals surface area contributed by atoms with Gasteiger partial charge >= 0.3 is 0 Å². The van der Waals surface area contributed by atoms with E-state index in [0.29, 0.717) is 5.02 Å². The number of hydrogen-bond donors (Lipinski definition) is 0. The molecule has 0 radical (unpaired) electrons. The van der Waals surface area contributed by atoms with E-state index in [0.717, 1.165) is 21.7 Å². The van der Waals surface area contributed by atoms with Gasteiger partial charge in [-0.3, -0.25) is 10.1 Å². The van der Waals surface area contributed by atoms with Crippen molar-refractivity contribution in [1.29, 1.82) is 0 Å². The molecule has 0 heterocycles. The fourth-order valence-corrected chi connectivity index (χ4v) is 4.23. The van der Waals surface area contributed by atoms with Crippen LogP contribution in [0.4, 0.5) is 11.4 Å². The number of rotatable bonds is 6. The van der Waals surface area contributed by atoms with Gasteiger partial charge in [-0.1, -0.05) is 41.9 Å². The molecule has 27 heavy (non-hydrogen) atoms. The predicted molar refractivity (Wildman–Crippen MR) is 113 cm³/mol. The van der Waals surface area contributed by atoms with Crippen molar-refractivity contribution in [3.63, 3.8) is 0 Å². The number of benzene rings is 3. The van der Waals surface area contributed by atoms with Crippen molar-refractivity contribution >= 4 is 34.7 Å². The Morgan fingerprint density at radius 2 is 1.67 bits per heavy atom. The summed E-state index contributed by atoms with van der Waals surface area (Å²) < 4.78 is 0. The SMILES string of the molecule is CN(C)c1ccc([C@@H](Sc2ccccc2)c2cc([N+](=O)[O-])ccc2Cl)cc1. The van der Waals surface area contributed by atoms with Gasteiger partial charge < -0.3 is 4.90 Å². The Morgan fingerprint density at radius 3 is 2.26 bits per heavy atom. The Kier molecular flexibility index (Phi) is 6.04. The van der Waals surface area contributed by atoms with Gasteiger partial charge in [-0.2, -0.15) is 0 Å². The van der Waals surface area contributed by atoms with Crippen LogP contribution < -0.4 is 4.90 Å². The first-order valence-electron chi connectivity index (χ1n) is 8.38. The maximum atomic E-state index is 11.3. The highest BCUT2D eigenvalue weighted by Crippen LogP contribution is 2.44. The molecule has 0 fully saturated rings. The molecule has 3 aromatic carbocycles. The van der Waals surface area contributed by atoms with E-state index in [2.05, 4.69) is 0 Å². The second-order valence-corrected chi connectivity index (χ2v) is 7.85. The Bertz CT molecular complexity index is 931. The summed E-state index contributed by atoms with van der Waals surface area (Å²) in [7, 11) is 3.98. The van der Waals surface area contributed by atoms with Crippen molar-refractivity contribution in [1.82, 2.24) is 0 Å². The Labute approximate surface area is 167 Å². The van der Waals surface area contributed by atoms with E-state index in [4.69, 9.17) is 11.6 Å². The molecule has 3 aromatic rings. The van der Waals surface area contributed by atoms with Crippen molar-refractivity contribution in [3.8, 4) is 0 Å². The molecule has 3 rings (SSSR count). The first-order valence-corrected chi connectivity index (χ1v) is 9.64. The zero-order chi connectivity index (χ0) is 19.4. The van der Waals surface area contributed by atoms with Gasteiger partial charge in [-0.15, -0.1) is 11.8 Å². The van der Waals surface area contributed by atoms with Crippen LogP contribution in [0.25, 0.3) is 0 Å². The average Bonchev–Trinajstić information content (AvgIpc) is 2.67. The molecule has 0 bridgehead atoms. The summed E-state index contributed by atoms with van der Waals surface area (Å²) in [5.41, 5.74) is 2.90. The van der Waals surface area contributed by atoms with Gasteiger partial charge in [0.25, 0.3) is 5.69 Å². The van der Waals surface area contributed by atoms with Crippen molar-refractivity contribution in [3.05, 3.63) is 99.1 Å². The summed E-state index contributed by atoms with van der Waals surface area (Å²) in [5, 5.41) is 11.6. The summed E-state index contributed by atoms with van der Waals surface area (Å²) in [6.45, 7) is 0. The molecule has 0 aliphatic heterocycles. The van der Waals surface area contributed by atoms with E-state index in [1.807, 2.05) is 73.6 Å². The van der Waals surface area contributed by atoms with Gasteiger partial charge in [-0.05, 0) is 41.5 Å². The number of nitrogens with zero attached hydrogens (tertiary/aromatic N) is 2. The quantitative estimate of drug-likeness (QED) is 0.282. The van der Waals surface area contributed by atoms with E-state index in [1.54, 1.807) is 23.9 Å². The van der Waals surface area contributed by atoms with Gasteiger partial charge in [0.05, 0.1) is 10.2 Å². The second kappa shape index (κ2) is 8.46. The zero-order valence-electron chi connectivity index (χ0n) is 15.0. The van der Waals surface area contributed by atoms with Crippen LogP contribution >= 0.6 is 23.4 Å². The minimum absolute atomic E-state index is 0.0398. The summed E-state index contributed by atoms with van der Waals surface area (Å²) in [6.07, 6.45) is 0. The minimum atomic E-state index is -0.390. The maximum Gasteiger partial charge on any atom is 0.269 e.